The summed E-state index contributed by atoms with van der Waals surface area (Å²) < 4.78 is 11.3. The van der Waals surface area contributed by atoms with E-state index in [0.29, 0.717) is 37.7 Å². The van der Waals surface area contributed by atoms with Gasteiger partial charge in [0.15, 0.2) is 11.0 Å². The van der Waals surface area contributed by atoms with E-state index in [1.807, 2.05) is 41.8 Å². The molecule has 0 spiro atoms. The molecule has 34 heavy (non-hydrogen) atoms. The van der Waals surface area contributed by atoms with Crippen LogP contribution in [-0.2, 0) is 11.3 Å². The van der Waals surface area contributed by atoms with Crippen molar-refractivity contribution < 1.29 is 9.21 Å². The standard InChI is InChI=1S/C23H17N5O3S3/c1-2-10-28-21(30)18-15(16-9-6-11-31-16)12-32-20(18)26-23(28)33-13-17(29)24-22-25-19(27-34-22)14-7-4-3-5-8-14/h2-9,11-12H,1,10,13H2,(H,24,25,27,29). The van der Waals surface area contributed by atoms with E-state index in [9.17, 15) is 9.59 Å². The number of aromatic nitrogens is 4. The first-order chi connectivity index (χ1) is 16.6. The number of hydrogen-bond donors (Lipinski definition) is 1. The average molecular weight is 508 g/mol. The molecule has 1 aromatic carbocycles. The Labute approximate surface area is 206 Å². The number of allylic oxidation sites excluding steroid dienone is 1. The third-order valence-corrected chi connectivity index (χ3v) is 7.27. The first kappa shape index (κ1) is 22.3. The number of nitrogens with one attached hydrogen (secondary N) is 1. The van der Waals surface area contributed by atoms with Gasteiger partial charge in [0, 0.05) is 34.6 Å². The maximum absolute atomic E-state index is 13.3. The Morgan fingerprint density at radius 1 is 1.21 bits per heavy atom. The smallest absolute Gasteiger partial charge is 0.263 e. The minimum atomic E-state index is -0.261. The normalized spacial score (nSPS) is 11.1. The summed E-state index contributed by atoms with van der Waals surface area (Å²) in [5.41, 5.74) is 1.39. The molecule has 0 saturated heterocycles. The van der Waals surface area contributed by atoms with Crippen molar-refractivity contribution in [3.05, 3.63) is 77.1 Å². The van der Waals surface area contributed by atoms with Gasteiger partial charge >= 0.3 is 0 Å². The van der Waals surface area contributed by atoms with Crippen LogP contribution in [0.4, 0.5) is 5.13 Å². The summed E-state index contributed by atoms with van der Waals surface area (Å²) in [6.45, 7) is 4.02. The summed E-state index contributed by atoms with van der Waals surface area (Å²) in [6.07, 6.45) is 3.20. The van der Waals surface area contributed by atoms with Crippen LogP contribution in [0.5, 0.6) is 0 Å². The zero-order valence-electron chi connectivity index (χ0n) is 17.6. The van der Waals surface area contributed by atoms with E-state index in [2.05, 4.69) is 26.2 Å². The highest BCUT2D eigenvalue weighted by Crippen LogP contribution is 2.32. The maximum Gasteiger partial charge on any atom is 0.263 e. The largest absolute Gasteiger partial charge is 0.464 e. The molecule has 0 saturated carbocycles. The lowest BCUT2D eigenvalue weighted by atomic mass is 10.2. The first-order valence-corrected chi connectivity index (χ1v) is 12.8. The molecular weight excluding hydrogens is 490 g/mol. The highest BCUT2D eigenvalue weighted by Gasteiger charge is 2.19. The lowest BCUT2D eigenvalue weighted by Gasteiger charge is -2.10. The highest BCUT2D eigenvalue weighted by molar-refractivity contribution is 7.99. The number of furan rings is 1. The van der Waals surface area contributed by atoms with Crippen LogP contribution in [0.1, 0.15) is 0 Å². The molecule has 8 nitrogen and oxygen atoms in total. The van der Waals surface area contributed by atoms with Crippen LogP contribution in [0.15, 0.2) is 81.1 Å². The number of fused-ring (bicyclic) bond motifs is 1. The molecule has 11 heteroatoms. The molecule has 5 aromatic rings. The Bertz CT molecular complexity index is 1520. The molecular formula is C23H17N5O3S3. The van der Waals surface area contributed by atoms with Crippen LogP contribution in [0, 0.1) is 0 Å². The van der Waals surface area contributed by atoms with E-state index in [1.54, 1.807) is 18.4 Å². The number of rotatable bonds is 8. The topological polar surface area (TPSA) is 103 Å². The Balaban J connectivity index is 1.35. The molecule has 0 aliphatic rings. The van der Waals surface area contributed by atoms with Crippen molar-refractivity contribution in [1.29, 1.82) is 0 Å². The number of nitrogens with zero attached hydrogens (tertiary/aromatic N) is 4. The Morgan fingerprint density at radius 2 is 2.06 bits per heavy atom. The summed E-state index contributed by atoms with van der Waals surface area (Å²) in [5.74, 6) is 0.974. The van der Waals surface area contributed by atoms with Gasteiger partial charge in [-0.05, 0) is 12.1 Å². The second kappa shape index (κ2) is 9.75. The van der Waals surface area contributed by atoms with E-state index in [0.717, 1.165) is 17.1 Å². The Hall–Kier alpha value is -3.54. The third-order valence-electron chi connectivity index (χ3n) is 4.79. The van der Waals surface area contributed by atoms with Crippen molar-refractivity contribution in [2.45, 2.75) is 11.7 Å². The lowest BCUT2D eigenvalue weighted by molar-refractivity contribution is -0.113. The van der Waals surface area contributed by atoms with Crippen molar-refractivity contribution >= 4 is 55.9 Å². The van der Waals surface area contributed by atoms with E-state index in [1.165, 1.54) is 27.7 Å². The Kier molecular flexibility index (Phi) is 6.39. The van der Waals surface area contributed by atoms with Gasteiger partial charge < -0.3 is 4.42 Å². The van der Waals surface area contributed by atoms with Gasteiger partial charge in [-0.2, -0.15) is 9.36 Å². The summed E-state index contributed by atoms with van der Waals surface area (Å²) in [7, 11) is 0. The second-order valence-electron chi connectivity index (χ2n) is 7.03. The molecule has 170 valence electrons. The van der Waals surface area contributed by atoms with Crippen LogP contribution >= 0.6 is 34.6 Å². The van der Waals surface area contributed by atoms with E-state index < -0.39 is 0 Å². The van der Waals surface area contributed by atoms with Crippen molar-refractivity contribution in [2.24, 2.45) is 0 Å². The molecule has 5 rings (SSSR count). The Morgan fingerprint density at radius 3 is 2.82 bits per heavy atom. The number of anilines is 1. The molecule has 0 radical (unpaired) electrons. The molecule has 0 atom stereocenters. The number of carbonyl (C=O) groups is 1. The second-order valence-corrected chi connectivity index (χ2v) is 9.58. The van der Waals surface area contributed by atoms with Gasteiger partial charge in [-0.15, -0.1) is 17.9 Å². The minimum absolute atomic E-state index is 0.0613. The number of benzene rings is 1. The average Bonchev–Trinajstić information content (AvgIpc) is 3.61. The predicted octanol–water partition coefficient (Wildman–Crippen LogP) is 5.15. The highest BCUT2D eigenvalue weighted by atomic mass is 32.2. The number of hydrogen-bond acceptors (Lipinski definition) is 9. The molecule has 0 fully saturated rings. The number of thioether (sulfide) groups is 1. The van der Waals surface area contributed by atoms with E-state index >= 15 is 0 Å². The molecule has 1 amide bonds. The van der Waals surface area contributed by atoms with Gasteiger partial charge in [0.05, 0.1) is 17.4 Å². The quantitative estimate of drug-likeness (QED) is 0.176. The van der Waals surface area contributed by atoms with Crippen molar-refractivity contribution in [3.8, 4) is 22.7 Å². The van der Waals surface area contributed by atoms with Gasteiger partial charge in [-0.25, -0.2) is 4.98 Å². The fourth-order valence-electron chi connectivity index (χ4n) is 3.28. The zero-order valence-corrected chi connectivity index (χ0v) is 20.1. The fraction of sp³-hybridized carbons (Fsp3) is 0.0870. The molecule has 4 aromatic heterocycles. The first-order valence-electron chi connectivity index (χ1n) is 10.1. The molecule has 4 heterocycles. The SMILES string of the molecule is C=CCn1c(SCC(=O)Nc2nc(-c3ccccc3)ns2)nc2scc(-c3ccco3)c2c1=O. The van der Waals surface area contributed by atoms with Crippen LogP contribution < -0.4 is 10.9 Å². The van der Waals surface area contributed by atoms with Gasteiger partial charge in [0.25, 0.3) is 5.56 Å². The minimum Gasteiger partial charge on any atom is -0.464 e. The lowest BCUT2D eigenvalue weighted by Crippen LogP contribution is -2.23. The summed E-state index contributed by atoms with van der Waals surface area (Å²) in [5, 5.41) is 5.99. The van der Waals surface area contributed by atoms with Crippen molar-refractivity contribution in [2.75, 3.05) is 11.1 Å². The summed E-state index contributed by atoms with van der Waals surface area (Å²) >= 11 is 3.67. The summed E-state index contributed by atoms with van der Waals surface area (Å²) in [6, 6.07) is 13.1. The van der Waals surface area contributed by atoms with Gasteiger partial charge in [0.2, 0.25) is 11.0 Å². The fourth-order valence-corrected chi connectivity index (χ4v) is 5.67. The van der Waals surface area contributed by atoms with Gasteiger partial charge in [0.1, 0.15) is 10.6 Å². The van der Waals surface area contributed by atoms with E-state index in [4.69, 9.17) is 4.42 Å². The number of amides is 1. The molecule has 0 aliphatic carbocycles. The van der Waals surface area contributed by atoms with Gasteiger partial charge in [-0.1, -0.05) is 48.2 Å². The summed E-state index contributed by atoms with van der Waals surface area (Å²) in [4.78, 5) is 35.5. The molecule has 0 bridgehead atoms. The van der Waals surface area contributed by atoms with Crippen LogP contribution in [0.3, 0.4) is 0 Å². The maximum atomic E-state index is 13.3. The van der Waals surface area contributed by atoms with Crippen LogP contribution in [-0.4, -0.2) is 30.6 Å². The van der Waals surface area contributed by atoms with Crippen LogP contribution in [0.2, 0.25) is 0 Å². The molecule has 0 aliphatic heterocycles. The van der Waals surface area contributed by atoms with Crippen molar-refractivity contribution in [1.82, 2.24) is 18.9 Å². The third kappa shape index (κ3) is 4.45. The zero-order chi connectivity index (χ0) is 23.5. The van der Waals surface area contributed by atoms with Crippen LogP contribution in [0.25, 0.3) is 32.9 Å². The molecule has 1 N–H and O–H groups in total. The monoisotopic (exact) mass is 507 g/mol. The van der Waals surface area contributed by atoms with E-state index in [-0.39, 0.29) is 23.8 Å². The predicted molar refractivity (Wildman–Crippen MR) is 136 cm³/mol. The van der Waals surface area contributed by atoms with Crippen molar-refractivity contribution in [3.63, 3.8) is 0 Å². The molecule has 0 unspecified atom stereocenters. The van der Waals surface area contributed by atoms with Gasteiger partial charge in [-0.3, -0.25) is 19.5 Å². The number of carbonyl (C=O) groups excluding carboxylic acids is 1. The number of thiophene rings is 1.